The Labute approximate surface area is 117 Å². The molecule has 0 saturated heterocycles. The van der Waals surface area contributed by atoms with Gasteiger partial charge in [0.25, 0.3) is 0 Å². The maximum Gasteiger partial charge on any atom is 0.165 e. The molecule has 0 fully saturated rings. The van der Waals surface area contributed by atoms with Crippen molar-refractivity contribution in [3.05, 3.63) is 29.8 Å². The number of methoxy groups -OCH3 is 1. The van der Waals surface area contributed by atoms with Crippen molar-refractivity contribution in [2.24, 2.45) is 0 Å². The van der Waals surface area contributed by atoms with Gasteiger partial charge in [-0.25, -0.2) is 9.37 Å². The van der Waals surface area contributed by atoms with E-state index in [4.69, 9.17) is 10.5 Å². The van der Waals surface area contributed by atoms with Crippen LogP contribution in [0.15, 0.2) is 18.2 Å². The molecule has 0 radical (unpaired) electrons. The molecule has 20 heavy (non-hydrogen) atoms. The maximum atomic E-state index is 13.8. The zero-order chi connectivity index (χ0) is 14.3. The van der Waals surface area contributed by atoms with Crippen LogP contribution in [-0.2, 0) is 6.42 Å². The molecule has 1 aromatic carbocycles. The molecule has 0 spiro atoms. The van der Waals surface area contributed by atoms with E-state index in [-0.39, 0.29) is 5.75 Å². The van der Waals surface area contributed by atoms with Gasteiger partial charge in [-0.05, 0) is 38.0 Å². The molecule has 0 amide bonds. The highest BCUT2D eigenvalue weighted by atomic mass is 19.1. The fraction of sp³-hybridized carbons (Fsp3) is 0.400. The molecule has 106 valence electrons. The van der Waals surface area contributed by atoms with Crippen LogP contribution in [0.5, 0.6) is 5.75 Å². The number of anilines is 1. The molecule has 3 rings (SSSR count). The molecule has 1 aromatic heterocycles. The molecule has 0 aliphatic carbocycles. The van der Waals surface area contributed by atoms with Gasteiger partial charge in [-0.2, -0.15) is 0 Å². The van der Waals surface area contributed by atoms with Gasteiger partial charge in [-0.15, -0.1) is 0 Å². The molecule has 0 bridgehead atoms. The molecular formula is C15H18FN3O. The van der Waals surface area contributed by atoms with Crippen LogP contribution in [0.25, 0.3) is 11.3 Å². The van der Waals surface area contributed by atoms with Crippen LogP contribution in [0.2, 0.25) is 0 Å². The van der Waals surface area contributed by atoms with Crippen molar-refractivity contribution in [3.63, 3.8) is 0 Å². The predicted molar refractivity (Wildman–Crippen MR) is 76.2 cm³/mol. The van der Waals surface area contributed by atoms with Gasteiger partial charge < -0.3 is 15.0 Å². The lowest BCUT2D eigenvalue weighted by Crippen LogP contribution is -2.16. The first-order chi connectivity index (χ1) is 9.61. The minimum Gasteiger partial charge on any atom is -0.494 e. The van der Waals surface area contributed by atoms with Crippen molar-refractivity contribution >= 4 is 5.82 Å². The molecule has 1 aliphatic rings. The highest BCUT2D eigenvalue weighted by Crippen LogP contribution is 2.35. The van der Waals surface area contributed by atoms with Crippen LogP contribution in [0.1, 0.15) is 31.6 Å². The zero-order valence-corrected chi connectivity index (χ0v) is 11.7. The minimum atomic E-state index is -0.400. The van der Waals surface area contributed by atoms with E-state index in [1.807, 2.05) is 0 Å². The van der Waals surface area contributed by atoms with E-state index in [1.54, 1.807) is 12.1 Å². The number of ether oxygens (including phenoxy) is 1. The Morgan fingerprint density at radius 1 is 1.45 bits per heavy atom. The van der Waals surface area contributed by atoms with Crippen molar-refractivity contribution < 1.29 is 9.13 Å². The molecule has 2 aromatic rings. The van der Waals surface area contributed by atoms with Crippen molar-refractivity contribution in [1.82, 2.24) is 9.55 Å². The van der Waals surface area contributed by atoms with Crippen molar-refractivity contribution in [2.45, 2.75) is 32.2 Å². The van der Waals surface area contributed by atoms with Crippen molar-refractivity contribution in [2.75, 3.05) is 12.8 Å². The number of halogens is 1. The van der Waals surface area contributed by atoms with Gasteiger partial charge in [0.1, 0.15) is 17.3 Å². The second-order valence-corrected chi connectivity index (χ2v) is 5.22. The van der Waals surface area contributed by atoms with E-state index < -0.39 is 5.82 Å². The summed E-state index contributed by atoms with van der Waals surface area (Å²) in [5.74, 6) is 1.44. The molecule has 5 heteroatoms. The van der Waals surface area contributed by atoms with E-state index in [0.29, 0.717) is 23.1 Å². The summed E-state index contributed by atoms with van der Waals surface area (Å²) in [4.78, 5) is 4.60. The molecule has 4 nitrogen and oxygen atoms in total. The second-order valence-electron chi connectivity index (χ2n) is 5.22. The smallest absolute Gasteiger partial charge is 0.165 e. The SMILES string of the molecule is COc1ccc(-c2nc3n(c2N)C(C)CCC3)cc1F. The lowest BCUT2D eigenvalue weighted by Gasteiger charge is -2.22. The number of nitrogens with two attached hydrogens (primary N) is 1. The van der Waals surface area contributed by atoms with Crippen LogP contribution in [0, 0.1) is 5.82 Å². The summed E-state index contributed by atoms with van der Waals surface area (Å²) < 4.78 is 20.8. The van der Waals surface area contributed by atoms with Gasteiger partial charge in [0.15, 0.2) is 11.6 Å². The third-order valence-corrected chi connectivity index (χ3v) is 3.91. The van der Waals surface area contributed by atoms with E-state index >= 15 is 0 Å². The van der Waals surface area contributed by atoms with E-state index in [1.165, 1.54) is 13.2 Å². The minimum absolute atomic E-state index is 0.227. The fourth-order valence-corrected chi connectivity index (χ4v) is 2.87. The van der Waals surface area contributed by atoms with E-state index in [0.717, 1.165) is 25.1 Å². The third-order valence-electron chi connectivity index (χ3n) is 3.91. The summed E-state index contributed by atoms with van der Waals surface area (Å²) in [7, 11) is 1.45. The summed E-state index contributed by atoms with van der Waals surface area (Å²) in [6.07, 6.45) is 3.14. The lowest BCUT2D eigenvalue weighted by molar-refractivity contribution is 0.386. The Balaban J connectivity index is 2.09. The first kappa shape index (κ1) is 13.0. The Hall–Kier alpha value is -2.04. The highest BCUT2D eigenvalue weighted by molar-refractivity contribution is 5.72. The number of imidazole rings is 1. The number of aryl methyl sites for hydroxylation is 1. The van der Waals surface area contributed by atoms with Gasteiger partial charge >= 0.3 is 0 Å². The molecular weight excluding hydrogens is 257 g/mol. The van der Waals surface area contributed by atoms with Crippen LogP contribution >= 0.6 is 0 Å². The zero-order valence-electron chi connectivity index (χ0n) is 11.7. The standard InChI is InChI=1S/C15H18FN3O/c1-9-4-3-5-13-18-14(15(17)19(9)13)10-6-7-12(20-2)11(16)8-10/h6-9H,3-5,17H2,1-2H3. The quantitative estimate of drug-likeness (QED) is 0.915. The first-order valence-corrected chi connectivity index (χ1v) is 6.82. The number of hydrogen-bond acceptors (Lipinski definition) is 3. The number of nitrogens with zero attached hydrogens (tertiary/aromatic N) is 2. The van der Waals surface area contributed by atoms with Crippen LogP contribution in [0.3, 0.4) is 0 Å². The normalized spacial score (nSPS) is 17.9. The van der Waals surface area contributed by atoms with Gasteiger partial charge in [0, 0.05) is 18.0 Å². The topological polar surface area (TPSA) is 53.1 Å². The number of benzene rings is 1. The molecule has 2 N–H and O–H groups in total. The number of fused-ring (bicyclic) bond motifs is 1. The summed E-state index contributed by atoms with van der Waals surface area (Å²) in [5, 5.41) is 0. The van der Waals surface area contributed by atoms with Crippen LogP contribution in [-0.4, -0.2) is 16.7 Å². The number of hydrogen-bond donors (Lipinski definition) is 1. The molecule has 1 aliphatic heterocycles. The predicted octanol–water partition coefficient (Wildman–Crippen LogP) is 3.18. The average Bonchev–Trinajstić information content (AvgIpc) is 2.77. The average molecular weight is 275 g/mol. The molecule has 2 heterocycles. The van der Waals surface area contributed by atoms with E-state index in [9.17, 15) is 4.39 Å². The lowest BCUT2D eigenvalue weighted by atomic mass is 10.1. The number of rotatable bonds is 2. The second kappa shape index (κ2) is 4.81. The maximum absolute atomic E-state index is 13.8. The van der Waals surface area contributed by atoms with Crippen molar-refractivity contribution in [3.8, 4) is 17.0 Å². The van der Waals surface area contributed by atoms with Crippen LogP contribution in [0.4, 0.5) is 10.2 Å². The Kier molecular flexibility index (Phi) is 3.12. The highest BCUT2D eigenvalue weighted by Gasteiger charge is 2.23. The molecule has 1 unspecified atom stereocenters. The molecule has 0 saturated carbocycles. The van der Waals surface area contributed by atoms with E-state index in [2.05, 4.69) is 16.5 Å². The summed E-state index contributed by atoms with van der Waals surface area (Å²) in [6, 6.07) is 5.17. The van der Waals surface area contributed by atoms with Crippen molar-refractivity contribution in [1.29, 1.82) is 0 Å². The fourth-order valence-electron chi connectivity index (χ4n) is 2.87. The molecule has 1 atom stereocenters. The Morgan fingerprint density at radius 2 is 2.25 bits per heavy atom. The van der Waals surface area contributed by atoms with Crippen LogP contribution < -0.4 is 10.5 Å². The number of nitrogen functional groups attached to an aromatic ring is 1. The van der Waals surface area contributed by atoms with Gasteiger partial charge in [0.05, 0.1) is 7.11 Å². The van der Waals surface area contributed by atoms with Gasteiger partial charge in [-0.3, -0.25) is 0 Å². The largest absolute Gasteiger partial charge is 0.494 e. The summed E-state index contributed by atoms with van der Waals surface area (Å²) in [6.45, 7) is 2.14. The van der Waals surface area contributed by atoms with Gasteiger partial charge in [-0.1, -0.05) is 0 Å². The number of aromatic nitrogens is 2. The summed E-state index contributed by atoms with van der Waals surface area (Å²) >= 11 is 0. The van der Waals surface area contributed by atoms with Gasteiger partial charge in [0.2, 0.25) is 0 Å². The Morgan fingerprint density at radius 3 is 2.90 bits per heavy atom. The third kappa shape index (κ3) is 1.94. The Bertz CT molecular complexity index is 651. The first-order valence-electron chi connectivity index (χ1n) is 6.82. The monoisotopic (exact) mass is 275 g/mol. The summed E-state index contributed by atoms with van der Waals surface area (Å²) in [5.41, 5.74) is 7.57.